The SMILES string of the molecule is Oc1ccc(C(CI)c2ccc(O)cc2)cc1. The molecule has 0 bridgehead atoms. The van der Waals surface area contributed by atoms with Crippen LogP contribution in [-0.4, -0.2) is 14.6 Å². The quantitative estimate of drug-likeness (QED) is 0.661. The minimum Gasteiger partial charge on any atom is -0.508 e. The first-order valence-electron chi connectivity index (χ1n) is 5.34. The lowest BCUT2D eigenvalue weighted by Gasteiger charge is -2.15. The van der Waals surface area contributed by atoms with Gasteiger partial charge in [0.05, 0.1) is 0 Å². The van der Waals surface area contributed by atoms with E-state index in [1.807, 2.05) is 24.3 Å². The zero-order valence-corrected chi connectivity index (χ0v) is 11.3. The predicted molar refractivity (Wildman–Crippen MR) is 76.9 cm³/mol. The Morgan fingerprint density at radius 1 is 0.765 bits per heavy atom. The van der Waals surface area contributed by atoms with Crippen molar-refractivity contribution in [2.24, 2.45) is 0 Å². The fourth-order valence-electron chi connectivity index (χ4n) is 1.78. The van der Waals surface area contributed by atoms with Gasteiger partial charge >= 0.3 is 0 Å². The third kappa shape index (κ3) is 2.91. The number of rotatable bonds is 3. The van der Waals surface area contributed by atoms with Gasteiger partial charge in [-0.3, -0.25) is 0 Å². The van der Waals surface area contributed by atoms with Crippen molar-refractivity contribution < 1.29 is 10.2 Å². The van der Waals surface area contributed by atoms with Gasteiger partial charge in [0.15, 0.2) is 0 Å². The lowest BCUT2D eigenvalue weighted by atomic mass is 9.93. The molecule has 0 radical (unpaired) electrons. The molecule has 0 fully saturated rings. The Labute approximate surface area is 114 Å². The van der Waals surface area contributed by atoms with E-state index in [9.17, 15) is 10.2 Å². The lowest BCUT2D eigenvalue weighted by molar-refractivity contribution is 0.475. The second-order valence-electron chi connectivity index (χ2n) is 3.89. The third-order valence-corrected chi connectivity index (χ3v) is 3.63. The minimum absolute atomic E-state index is 0.284. The molecule has 0 heterocycles. The molecule has 2 aromatic rings. The summed E-state index contributed by atoms with van der Waals surface area (Å²) >= 11 is 2.35. The van der Waals surface area contributed by atoms with Crippen molar-refractivity contribution in [2.75, 3.05) is 4.43 Å². The largest absolute Gasteiger partial charge is 0.508 e. The highest BCUT2D eigenvalue weighted by Gasteiger charge is 2.12. The first kappa shape index (κ1) is 12.2. The average Bonchev–Trinajstić information content (AvgIpc) is 2.35. The normalized spacial score (nSPS) is 10.7. The molecule has 2 N–H and O–H groups in total. The van der Waals surface area contributed by atoms with E-state index in [0.717, 1.165) is 4.43 Å². The average molecular weight is 340 g/mol. The monoisotopic (exact) mass is 340 g/mol. The summed E-state index contributed by atoms with van der Waals surface area (Å²) < 4.78 is 0.952. The molecule has 0 aromatic heterocycles. The van der Waals surface area contributed by atoms with Crippen LogP contribution in [0.25, 0.3) is 0 Å². The molecule has 0 aliphatic carbocycles. The number of benzene rings is 2. The van der Waals surface area contributed by atoms with E-state index in [1.54, 1.807) is 24.3 Å². The summed E-state index contributed by atoms with van der Waals surface area (Å²) in [6.45, 7) is 0. The summed E-state index contributed by atoms with van der Waals surface area (Å²) in [5.41, 5.74) is 2.34. The van der Waals surface area contributed by atoms with Crippen molar-refractivity contribution in [3.8, 4) is 11.5 Å². The molecule has 0 atom stereocenters. The van der Waals surface area contributed by atoms with Gasteiger partial charge in [0, 0.05) is 10.3 Å². The van der Waals surface area contributed by atoms with Crippen molar-refractivity contribution >= 4 is 22.6 Å². The molecule has 0 aliphatic heterocycles. The Morgan fingerprint density at radius 2 is 1.12 bits per heavy atom. The van der Waals surface area contributed by atoms with Crippen LogP contribution in [0.4, 0.5) is 0 Å². The molecule has 0 unspecified atom stereocenters. The Kier molecular flexibility index (Phi) is 3.89. The number of phenols is 2. The molecule has 0 saturated carbocycles. The summed E-state index contributed by atoms with van der Waals surface area (Å²) in [6.07, 6.45) is 0. The Bertz CT molecular complexity index is 431. The van der Waals surface area contributed by atoms with E-state index in [-0.39, 0.29) is 17.4 Å². The zero-order valence-electron chi connectivity index (χ0n) is 9.18. The third-order valence-electron chi connectivity index (χ3n) is 2.75. The minimum atomic E-state index is 0.284. The van der Waals surface area contributed by atoms with Crippen molar-refractivity contribution in [1.82, 2.24) is 0 Å². The van der Waals surface area contributed by atoms with Crippen LogP contribution in [0.2, 0.25) is 0 Å². The summed E-state index contributed by atoms with van der Waals surface area (Å²) in [5.74, 6) is 0.857. The highest BCUT2D eigenvalue weighted by Crippen LogP contribution is 2.28. The number of halogens is 1. The molecular formula is C14H13IO2. The van der Waals surface area contributed by atoms with Gasteiger partial charge in [0.25, 0.3) is 0 Å². The van der Waals surface area contributed by atoms with Gasteiger partial charge in [-0.15, -0.1) is 0 Å². The molecule has 2 aromatic carbocycles. The molecule has 3 heteroatoms. The second-order valence-corrected chi connectivity index (χ2v) is 4.77. The highest BCUT2D eigenvalue weighted by molar-refractivity contribution is 14.1. The number of hydrogen-bond acceptors (Lipinski definition) is 2. The Balaban J connectivity index is 2.33. The molecule has 0 aliphatic rings. The van der Waals surface area contributed by atoms with Gasteiger partial charge in [0.1, 0.15) is 11.5 Å². The number of alkyl halides is 1. The summed E-state index contributed by atoms with van der Waals surface area (Å²) in [6, 6.07) is 14.6. The van der Waals surface area contributed by atoms with Crippen LogP contribution in [0.5, 0.6) is 11.5 Å². The van der Waals surface area contributed by atoms with Crippen LogP contribution >= 0.6 is 22.6 Å². The van der Waals surface area contributed by atoms with Crippen LogP contribution < -0.4 is 0 Å². The number of phenolic OH excluding ortho intramolecular Hbond substituents is 2. The standard InChI is InChI=1S/C14H13IO2/c15-9-14(10-1-5-12(16)6-2-10)11-3-7-13(17)8-4-11/h1-8,14,16-17H,9H2. The van der Waals surface area contributed by atoms with E-state index >= 15 is 0 Å². The van der Waals surface area contributed by atoms with Crippen molar-refractivity contribution in [3.63, 3.8) is 0 Å². The fourth-order valence-corrected chi connectivity index (χ4v) is 2.80. The molecule has 0 saturated heterocycles. The maximum absolute atomic E-state index is 9.28. The van der Waals surface area contributed by atoms with Gasteiger partial charge in [-0.05, 0) is 35.4 Å². The molecule has 88 valence electrons. The van der Waals surface area contributed by atoms with Crippen molar-refractivity contribution in [2.45, 2.75) is 5.92 Å². The summed E-state index contributed by atoms with van der Waals surface area (Å²) in [7, 11) is 0. The summed E-state index contributed by atoms with van der Waals surface area (Å²) in [5, 5.41) is 18.6. The van der Waals surface area contributed by atoms with Crippen molar-refractivity contribution in [1.29, 1.82) is 0 Å². The van der Waals surface area contributed by atoms with E-state index in [4.69, 9.17) is 0 Å². The smallest absolute Gasteiger partial charge is 0.115 e. The molecular weight excluding hydrogens is 327 g/mol. The molecule has 2 rings (SSSR count). The Hall–Kier alpha value is -1.23. The van der Waals surface area contributed by atoms with E-state index in [0.29, 0.717) is 0 Å². The van der Waals surface area contributed by atoms with E-state index in [2.05, 4.69) is 22.6 Å². The first-order chi connectivity index (χ1) is 8.20. The van der Waals surface area contributed by atoms with Crippen molar-refractivity contribution in [3.05, 3.63) is 59.7 Å². The zero-order chi connectivity index (χ0) is 12.3. The molecule has 0 spiro atoms. The first-order valence-corrected chi connectivity index (χ1v) is 6.87. The lowest BCUT2D eigenvalue weighted by Crippen LogP contribution is -2.01. The van der Waals surface area contributed by atoms with Gasteiger partial charge in [-0.25, -0.2) is 0 Å². The van der Waals surface area contributed by atoms with Crippen LogP contribution in [0.3, 0.4) is 0 Å². The summed E-state index contributed by atoms with van der Waals surface area (Å²) in [4.78, 5) is 0. The van der Waals surface area contributed by atoms with Gasteiger partial charge in [-0.1, -0.05) is 46.9 Å². The van der Waals surface area contributed by atoms with Gasteiger partial charge in [-0.2, -0.15) is 0 Å². The maximum atomic E-state index is 9.28. The molecule has 0 amide bonds. The second kappa shape index (κ2) is 5.40. The van der Waals surface area contributed by atoms with E-state index in [1.165, 1.54) is 11.1 Å². The molecule has 17 heavy (non-hydrogen) atoms. The number of hydrogen-bond donors (Lipinski definition) is 2. The fraction of sp³-hybridized carbons (Fsp3) is 0.143. The Morgan fingerprint density at radius 3 is 1.41 bits per heavy atom. The van der Waals surface area contributed by atoms with Gasteiger partial charge < -0.3 is 10.2 Å². The topological polar surface area (TPSA) is 40.5 Å². The number of aromatic hydroxyl groups is 2. The highest BCUT2D eigenvalue weighted by atomic mass is 127. The van der Waals surface area contributed by atoms with Gasteiger partial charge in [0.2, 0.25) is 0 Å². The maximum Gasteiger partial charge on any atom is 0.115 e. The van der Waals surface area contributed by atoms with Crippen LogP contribution in [-0.2, 0) is 0 Å². The molecule has 2 nitrogen and oxygen atoms in total. The predicted octanol–water partition coefficient (Wildman–Crippen LogP) is 3.66. The van der Waals surface area contributed by atoms with Crippen LogP contribution in [0.15, 0.2) is 48.5 Å². The van der Waals surface area contributed by atoms with Crippen LogP contribution in [0, 0.1) is 0 Å². The van der Waals surface area contributed by atoms with E-state index < -0.39 is 0 Å². The van der Waals surface area contributed by atoms with Crippen LogP contribution in [0.1, 0.15) is 17.0 Å².